The Morgan fingerprint density at radius 2 is 1.92 bits per heavy atom. The first-order valence-corrected chi connectivity index (χ1v) is 9.80. The Hall–Kier alpha value is -1.67. The molecule has 1 aromatic rings. The maximum absolute atomic E-state index is 12.7. The molecule has 2 rings (SSSR count). The van der Waals surface area contributed by atoms with Crippen LogP contribution in [0.25, 0.3) is 0 Å². The molecule has 1 fully saturated rings. The molecule has 0 spiro atoms. The van der Waals surface area contributed by atoms with Crippen molar-refractivity contribution in [3.8, 4) is 0 Å². The van der Waals surface area contributed by atoms with E-state index in [-0.39, 0.29) is 11.3 Å². The molecule has 0 amide bonds. The Bertz CT molecular complexity index is 652. The molecule has 0 aliphatic heterocycles. The summed E-state index contributed by atoms with van der Waals surface area (Å²) >= 11 is 0. The normalized spacial score (nSPS) is 22.9. The highest BCUT2D eigenvalue weighted by Gasteiger charge is 2.41. The number of carbonyl (C=O) groups excluding carboxylic acids is 1. The number of Topliss-reactive ketones (excluding diaryl/α,β-unsaturated/α-hetero) is 1. The molecular weight excluding hydrogens is 320 g/mol. The van der Waals surface area contributed by atoms with Crippen molar-refractivity contribution in [2.75, 3.05) is 6.61 Å². The van der Waals surface area contributed by atoms with Crippen molar-refractivity contribution in [1.82, 2.24) is 0 Å². The fraction of sp³-hybridized carbons (Fsp3) is 0.542. The number of hydrogen-bond acceptors (Lipinski definition) is 2. The Kier molecular flexibility index (Phi) is 7.40. The molecule has 0 aromatic heterocycles. The van der Waals surface area contributed by atoms with Gasteiger partial charge in [0.15, 0.2) is 0 Å². The quantitative estimate of drug-likeness (QED) is 0.514. The lowest BCUT2D eigenvalue weighted by Gasteiger charge is -2.41. The third-order valence-electron chi connectivity index (χ3n) is 5.86. The van der Waals surface area contributed by atoms with Gasteiger partial charge in [0, 0.05) is 12.3 Å². The van der Waals surface area contributed by atoms with Crippen molar-refractivity contribution in [3.05, 3.63) is 59.2 Å². The first kappa shape index (κ1) is 20.6. The third kappa shape index (κ3) is 5.41. The second-order valence-corrected chi connectivity index (χ2v) is 8.29. The molecule has 0 saturated heterocycles. The zero-order valence-electron chi connectivity index (χ0n) is 16.9. The summed E-state index contributed by atoms with van der Waals surface area (Å²) in [5, 5.41) is 0. The number of benzene rings is 1. The van der Waals surface area contributed by atoms with Crippen molar-refractivity contribution < 1.29 is 9.53 Å². The van der Waals surface area contributed by atoms with Crippen molar-refractivity contribution >= 4 is 5.78 Å². The van der Waals surface area contributed by atoms with Crippen LogP contribution in [0, 0.1) is 11.3 Å². The monoisotopic (exact) mass is 354 g/mol. The third-order valence-corrected chi connectivity index (χ3v) is 5.86. The van der Waals surface area contributed by atoms with Crippen LogP contribution in [0.15, 0.2) is 53.6 Å². The van der Waals surface area contributed by atoms with Gasteiger partial charge in [0.25, 0.3) is 0 Å². The van der Waals surface area contributed by atoms with E-state index >= 15 is 0 Å². The number of hydrogen-bond donors (Lipinski definition) is 0. The Labute approximate surface area is 159 Å². The number of carbonyl (C=O) groups is 1. The second-order valence-electron chi connectivity index (χ2n) is 8.29. The molecule has 1 saturated carbocycles. The molecule has 2 heteroatoms. The van der Waals surface area contributed by atoms with E-state index in [0.717, 1.165) is 36.8 Å². The average Bonchev–Trinajstić information content (AvgIpc) is 2.58. The van der Waals surface area contributed by atoms with Gasteiger partial charge >= 0.3 is 0 Å². The molecule has 1 aliphatic rings. The number of ether oxygens (including phenoxy) is 1. The van der Waals surface area contributed by atoms with Crippen LogP contribution in [0.1, 0.15) is 65.4 Å². The van der Waals surface area contributed by atoms with Gasteiger partial charge in [-0.25, -0.2) is 0 Å². The number of allylic oxidation sites excluding steroid dienone is 3. The van der Waals surface area contributed by atoms with Gasteiger partial charge in [-0.2, -0.15) is 0 Å². The molecule has 0 radical (unpaired) electrons. The number of rotatable bonds is 8. The van der Waals surface area contributed by atoms with E-state index in [0.29, 0.717) is 25.4 Å². The molecule has 0 bridgehead atoms. The zero-order chi connectivity index (χ0) is 19.2. The predicted octanol–water partition coefficient (Wildman–Crippen LogP) is 6.27. The van der Waals surface area contributed by atoms with Crippen LogP contribution in [-0.2, 0) is 16.1 Å². The molecule has 0 N–H and O–H groups in total. The Morgan fingerprint density at radius 1 is 1.23 bits per heavy atom. The summed E-state index contributed by atoms with van der Waals surface area (Å²) in [7, 11) is 0. The molecule has 26 heavy (non-hydrogen) atoms. The summed E-state index contributed by atoms with van der Waals surface area (Å²) in [4.78, 5) is 12.7. The smallest absolute Gasteiger partial charge is 0.138 e. The van der Waals surface area contributed by atoms with Crippen LogP contribution in [0.3, 0.4) is 0 Å². The SMILES string of the molecule is C=C(C)C(CC[C@]1(C)CCCC(=O)[C@H]1COCc1ccccc1)=C(C)C. The summed E-state index contributed by atoms with van der Waals surface area (Å²) < 4.78 is 5.98. The van der Waals surface area contributed by atoms with Gasteiger partial charge in [0.05, 0.1) is 13.2 Å². The standard InChI is InChI=1S/C24H34O2/c1-18(2)21(19(3)4)13-15-24(5)14-9-12-23(25)22(24)17-26-16-20-10-7-6-8-11-20/h6-8,10-11,22H,1,9,12-17H2,2-5H3/t22-,24+/m1/s1. The minimum atomic E-state index is 0.00324. The predicted molar refractivity (Wildman–Crippen MR) is 109 cm³/mol. The van der Waals surface area contributed by atoms with Crippen LogP contribution in [0.4, 0.5) is 0 Å². The largest absolute Gasteiger partial charge is 0.376 e. The highest BCUT2D eigenvalue weighted by molar-refractivity contribution is 5.82. The van der Waals surface area contributed by atoms with E-state index in [4.69, 9.17) is 4.74 Å². The molecule has 1 aliphatic carbocycles. The topological polar surface area (TPSA) is 26.3 Å². The summed E-state index contributed by atoms with van der Waals surface area (Å²) in [6.07, 6.45) is 4.82. The van der Waals surface area contributed by atoms with Crippen molar-refractivity contribution in [1.29, 1.82) is 0 Å². The highest BCUT2D eigenvalue weighted by atomic mass is 16.5. The molecular formula is C24H34O2. The van der Waals surface area contributed by atoms with Crippen molar-refractivity contribution in [3.63, 3.8) is 0 Å². The van der Waals surface area contributed by atoms with E-state index in [9.17, 15) is 4.79 Å². The molecule has 1 aromatic carbocycles. The summed E-state index contributed by atoms with van der Waals surface area (Å²) in [5.74, 6) is 0.379. The first-order chi connectivity index (χ1) is 12.3. The maximum Gasteiger partial charge on any atom is 0.138 e. The van der Waals surface area contributed by atoms with Gasteiger partial charge in [0.1, 0.15) is 5.78 Å². The van der Waals surface area contributed by atoms with Crippen LogP contribution in [-0.4, -0.2) is 12.4 Å². The summed E-state index contributed by atoms with van der Waals surface area (Å²) in [6, 6.07) is 10.2. The second kappa shape index (κ2) is 9.32. The van der Waals surface area contributed by atoms with Crippen LogP contribution >= 0.6 is 0 Å². The van der Waals surface area contributed by atoms with E-state index < -0.39 is 0 Å². The van der Waals surface area contributed by atoms with Gasteiger partial charge in [-0.05, 0) is 63.0 Å². The van der Waals surface area contributed by atoms with Crippen LogP contribution < -0.4 is 0 Å². The van der Waals surface area contributed by atoms with Crippen LogP contribution in [0.2, 0.25) is 0 Å². The lowest BCUT2D eigenvalue weighted by Crippen LogP contribution is -2.40. The molecule has 142 valence electrons. The highest BCUT2D eigenvalue weighted by Crippen LogP contribution is 2.44. The Balaban J connectivity index is 2.02. The lowest BCUT2D eigenvalue weighted by atomic mass is 9.64. The van der Waals surface area contributed by atoms with E-state index in [1.54, 1.807) is 0 Å². The average molecular weight is 355 g/mol. The van der Waals surface area contributed by atoms with Gasteiger partial charge in [-0.3, -0.25) is 4.79 Å². The first-order valence-electron chi connectivity index (χ1n) is 9.80. The molecule has 2 atom stereocenters. The molecule has 0 unspecified atom stereocenters. The van der Waals surface area contributed by atoms with E-state index in [2.05, 4.69) is 46.4 Å². The van der Waals surface area contributed by atoms with Crippen LogP contribution in [0.5, 0.6) is 0 Å². The maximum atomic E-state index is 12.7. The minimum Gasteiger partial charge on any atom is -0.376 e. The number of ketones is 1. The fourth-order valence-electron chi connectivity index (χ4n) is 4.17. The van der Waals surface area contributed by atoms with E-state index in [1.807, 2.05) is 18.2 Å². The van der Waals surface area contributed by atoms with E-state index in [1.165, 1.54) is 11.1 Å². The van der Waals surface area contributed by atoms with Gasteiger partial charge in [-0.15, -0.1) is 0 Å². The van der Waals surface area contributed by atoms with Crippen molar-refractivity contribution in [2.24, 2.45) is 11.3 Å². The zero-order valence-corrected chi connectivity index (χ0v) is 16.9. The summed E-state index contributed by atoms with van der Waals surface area (Å²) in [6.45, 7) is 13.9. The molecule has 0 heterocycles. The Morgan fingerprint density at radius 3 is 2.54 bits per heavy atom. The van der Waals surface area contributed by atoms with Gasteiger partial charge in [-0.1, -0.05) is 55.0 Å². The summed E-state index contributed by atoms with van der Waals surface area (Å²) in [5.41, 5.74) is 5.01. The minimum absolute atomic E-state index is 0.00324. The fourth-order valence-corrected chi connectivity index (χ4v) is 4.17. The molecule has 2 nitrogen and oxygen atoms in total. The lowest BCUT2D eigenvalue weighted by molar-refractivity contribution is -0.134. The van der Waals surface area contributed by atoms with Gasteiger partial charge < -0.3 is 4.74 Å². The van der Waals surface area contributed by atoms with Crippen molar-refractivity contribution in [2.45, 2.75) is 66.4 Å². The van der Waals surface area contributed by atoms with Gasteiger partial charge in [0.2, 0.25) is 0 Å².